The van der Waals surface area contributed by atoms with Crippen LogP contribution in [0, 0.1) is 0 Å². The highest BCUT2D eigenvalue weighted by atomic mass is 16.5. The van der Waals surface area contributed by atoms with Gasteiger partial charge in [-0.3, -0.25) is 4.79 Å². The smallest absolute Gasteiger partial charge is 0.254 e. The van der Waals surface area contributed by atoms with Crippen molar-refractivity contribution in [2.45, 2.75) is 25.5 Å². The third kappa shape index (κ3) is 4.29. The SMILES string of the molecule is O=C(c1ccc(-c2ccccc2)cc1)N(Cc1ccco1)C[C@@H]1CCCO1. The molecule has 1 fully saturated rings. The monoisotopic (exact) mass is 361 g/mol. The fraction of sp³-hybridized carbons (Fsp3) is 0.261. The first-order valence-electron chi connectivity index (χ1n) is 9.38. The summed E-state index contributed by atoms with van der Waals surface area (Å²) in [5, 5.41) is 0. The van der Waals surface area contributed by atoms with Gasteiger partial charge in [0.05, 0.1) is 18.9 Å². The normalized spacial score (nSPS) is 16.4. The maximum atomic E-state index is 13.1. The van der Waals surface area contributed by atoms with Crippen molar-refractivity contribution in [3.05, 3.63) is 84.3 Å². The Kier molecular flexibility index (Phi) is 5.35. The minimum Gasteiger partial charge on any atom is -0.467 e. The summed E-state index contributed by atoms with van der Waals surface area (Å²) < 4.78 is 11.2. The molecular weight excluding hydrogens is 338 g/mol. The molecule has 2 heterocycles. The molecule has 4 rings (SSSR count). The van der Waals surface area contributed by atoms with Crippen LogP contribution in [-0.2, 0) is 11.3 Å². The van der Waals surface area contributed by atoms with E-state index in [0.29, 0.717) is 18.7 Å². The van der Waals surface area contributed by atoms with E-state index < -0.39 is 0 Å². The molecule has 0 bridgehead atoms. The zero-order valence-corrected chi connectivity index (χ0v) is 15.2. The number of ether oxygens (including phenoxy) is 1. The van der Waals surface area contributed by atoms with Crippen LogP contribution in [0.1, 0.15) is 29.0 Å². The molecule has 0 saturated carbocycles. The van der Waals surface area contributed by atoms with E-state index in [0.717, 1.165) is 36.3 Å². The first-order valence-corrected chi connectivity index (χ1v) is 9.38. The molecule has 27 heavy (non-hydrogen) atoms. The third-order valence-electron chi connectivity index (χ3n) is 4.90. The Labute approximate surface area is 159 Å². The van der Waals surface area contributed by atoms with Crippen LogP contribution < -0.4 is 0 Å². The van der Waals surface area contributed by atoms with Gasteiger partial charge in [-0.15, -0.1) is 0 Å². The second kappa shape index (κ2) is 8.23. The molecule has 1 aromatic heterocycles. The van der Waals surface area contributed by atoms with Crippen LogP contribution in [0.3, 0.4) is 0 Å². The maximum Gasteiger partial charge on any atom is 0.254 e. The van der Waals surface area contributed by atoms with E-state index in [1.807, 2.05) is 59.5 Å². The molecule has 1 amide bonds. The number of carbonyl (C=O) groups is 1. The zero-order valence-electron chi connectivity index (χ0n) is 15.2. The summed E-state index contributed by atoms with van der Waals surface area (Å²) in [5.41, 5.74) is 2.92. The number of carbonyl (C=O) groups excluding carboxylic acids is 1. The molecule has 1 saturated heterocycles. The van der Waals surface area contributed by atoms with Crippen molar-refractivity contribution in [1.82, 2.24) is 4.90 Å². The van der Waals surface area contributed by atoms with Gasteiger partial charge < -0.3 is 14.1 Å². The molecule has 2 aromatic carbocycles. The van der Waals surface area contributed by atoms with Crippen LogP contribution in [0.5, 0.6) is 0 Å². The highest BCUT2D eigenvalue weighted by Crippen LogP contribution is 2.21. The van der Waals surface area contributed by atoms with Crippen LogP contribution in [-0.4, -0.2) is 30.1 Å². The average Bonchev–Trinajstić information content (AvgIpc) is 3.42. The standard InChI is InChI=1S/C23H23NO3/c25-23(20-12-10-19(11-13-20)18-6-2-1-3-7-18)24(16-21-8-4-14-26-21)17-22-9-5-15-27-22/h1-4,6-8,10-14,22H,5,9,15-17H2/t22-/m0/s1. The lowest BCUT2D eigenvalue weighted by Gasteiger charge is -2.25. The van der Waals surface area contributed by atoms with Gasteiger partial charge in [-0.25, -0.2) is 0 Å². The molecule has 1 aliphatic rings. The molecule has 3 aromatic rings. The van der Waals surface area contributed by atoms with Crippen molar-refractivity contribution in [1.29, 1.82) is 0 Å². The number of hydrogen-bond acceptors (Lipinski definition) is 3. The summed E-state index contributed by atoms with van der Waals surface area (Å²) in [6.45, 7) is 1.81. The summed E-state index contributed by atoms with van der Waals surface area (Å²) in [5.74, 6) is 0.781. The number of nitrogens with zero attached hydrogens (tertiary/aromatic N) is 1. The molecule has 4 nitrogen and oxygen atoms in total. The van der Waals surface area contributed by atoms with Gasteiger partial charge >= 0.3 is 0 Å². The molecule has 0 N–H and O–H groups in total. The second-order valence-electron chi connectivity index (χ2n) is 6.84. The van der Waals surface area contributed by atoms with E-state index in [9.17, 15) is 4.79 Å². The minimum absolute atomic E-state index is 0.00140. The van der Waals surface area contributed by atoms with Gasteiger partial charge in [0, 0.05) is 18.7 Å². The van der Waals surface area contributed by atoms with Gasteiger partial charge in [0.2, 0.25) is 0 Å². The van der Waals surface area contributed by atoms with Crippen LogP contribution in [0.4, 0.5) is 0 Å². The quantitative estimate of drug-likeness (QED) is 0.635. The highest BCUT2D eigenvalue weighted by Gasteiger charge is 2.24. The number of amides is 1. The maximum absolute atomic E-state index is 13.1. The fourth-order valence-corrected chi connectivity index (χ4v) is 3.46. The number of hydrogen-bond donors (Lipinski definition) is 0. The predicted octanol–water partition coefficient (Wildman–Crippen LogP) is 4.77. The number of rotatable bonds is 6. The van der Waals surface area contributed by atoms with Crippen molar-refractivity contribution < 1.29 is 13.9 Å². The molecule has 0 radical (unpaired) electrons. The van der Waals surface area contributed by atoms with Crippen molar-refractivity contribution >= 4 is 5.91 Å². The topological polar surface area (TPSA) is 42.7 Å². The van der Waals surface area contributed by atoms with Gasteiger partial charge in [0.25, 0.3) is 5.91 Å². The number of furan rings is 1. The first kappa shape index (κ1) is 17.6. The van der Waals surface area contributed by atoms with E-state index in [1.54, 1.807) is 6.26 Å². The fourth-order valence-electron chi connectivity index (χ4n) is 3.46. The van der Waals surface area contributed by atoms with Gasteiger partial charge in [-0.05, 0) is 48.2 Å². The van der Waals surface area contributed by atoms with Crippen LogP contribution in [0.25, 0.3) is 11.1 Å². The van der Waals surface area contributed by atoms with E-state index in [4.69, 9.17) is 9.15 Å². The minimum atomic E-state index is 0.00140. The lowest BCUT2D eigenvalue weighted by atomic mass is 10.0. The highest BCUT2D eigenvalue weighted by molar-refractivity contribution is 5.94. The Hall–Kier alpha value is -2.85. The van der Waals surface area contributed by atoms with Crippen LogP contribution >= 0.6 is 0 Å². The molecule has 0 unspecified atom stereocenters. The van der Waals surface area contributed by atoms with Gasteiger partial charge in [-0.1, -0.05) is 42.5 Å². The molecule has 0 spiro atoms. The van der Waals surface area contributed by atoms with Gasteiger partial charge in [0.15, 0.2) is 0 Å². The van der Waals surface area contributed by atoms with E-state index in [2.05, 4.69) is 12.1 Å². The largest absolute Gasteiger partial charge is 0.467 e. The summed E-state index contributed by atoms with van der Waals surface area (Å²) >= 11 is 0. The second-order valence-corrected chi connectivity index (χ2v) is 6.84. The van der Waals surface area contributed by atoms with Crippen molar-refractivity contribution in [3.63, 3.8) is 0 Å². The van der Waals surface area contributed by atoms with Crippen molar-refractivity contribution in [2.75, 3.05) is 13.2 Å². The molecule has 138 valence electrons. The summed E-state index contributed by atoms with van der Waals surface area (Å²) in [6.07, 6.45) is 3.79. The number of benzene rings is 2. The molecule has 1 aliphatic heterocycles. The van der Waals surface area contributed by atoms with E-state index in [1.165, 1.54) is 0 Å². The molecule has 0 aliphatic carbocycles. The van der Waals surface area contributed by atoms with Gasteiger partial charge in [0.1, 0.15) is 5.76 Å². The Morgan fingerprint density at radius 3 is 2.41 bits per heavy atom. The first-order chi connectivity index (χ1) is 13.3. The molecule has 1 atom stereocenters. The molecule has 4 heteroatoms. The van der Waals surface area contributed by atoms with Crippen molar-refractivity contribution in [2.24, 2.45) is 0 Å². The Bertz CT molecular complexity index is 850. The Balaban J connectivity index is 1.52. The summed E-state index contributed by atoms with van der Waals surface area (Å²) in [4.78, 5) is 15.0. The van der Waals surface area contributed by atoms with Crippen LogP contribution in [0.15, 0.2) is 77.4 Å². The predicted molar refractivity (Wildman–Crippen MR) is 104 cm³/mol. The molecular formula is C23H23NO3. The Morgan fingerprint density at radius 2 is 1.74 bits per heavy atom. The van der Waals surface area contributed by atoms with E-state index in [-0.39, 0.29) is 12.0 Å². The third-order valence-corrected chi connectivity index (χ3v) is 4.90. The van der Waals surface area contributed by atoms with E-state index >= 15 is 0 Å². The summed E-state index contributed by atoms with van der Waals surface area (Å²) in [6, 6.07) is 21.7. The zero-order chi connectivity index (χ0) is 18.5. The van der Waals surface area contributed by atoms with Gasteiger partial charge in [-0.2, -0.15) is 0 Å². The summed E-state index contributed by atoms with van der Waals surface area (Å²) in [7, 11) is 0. The lowest BCUT2D eigenvalue weighted by molar-refractivity contribution is 0.0491. The Morgan fingerprint density at radius 1 is 0.963 bits per heavy atom. The lowest BCUT2D eigenvalue weighted by Crippen LogP contribution is -2.36. The van der Waals surface area contributed by atoms with Crippen molar-refractivity contribution in [3.8, 4) is 11.1 Å². The van der Waals surface area contributed by atoms with Crippen LogP contribution in [0.2, 0.25) is 0 Å². The average molecular weight is 361 g/mol.